The maximum atomic E-state index is 16.9. The molecule has 5 heterocycles. The largest absolute Gasteiger partial charge is 0.489 e. The van der Waals surface area contributed by atoms with Crippen molar-refractivity contribution in [3.8, 4) is 29.0 Å². The summed E-state index contributed by atoms with van der Waals surface area (Å²) in [4.78, 5) is 12.2. The van der Waals surface area contributed by atoms with Crippen LogP contribution in [0, 0.1) is 23.0 Å². The van der Waals surface area contributed by atoms with E-state index in [0.717, 1.165) is 23.8 Å². The molecule has 7 rings (SSSR count). The zero-order valence-corrected chi connectivity index (χ0v) is 25.4. The third kappa shape index (κ3) is 4.61. The smallest absolute Gasteiger partial charge is 0.319 e. The molecule has 0 aliphatic carbocycles. The van der Waals surface area contributed by atoms with Gasteiger partial charge in [-0.2, -0.15) is 15.2 Å². The van der Waals surface area contributed by atoms with Crippen LogP contribution in [0.2, 0.25) is 5.02 Å². The Balaban J connectivity index is 1.46. The van der Waals surface area contributed by atoms with Crippen LogP contribution in [-0.4, -0.2) is 71.9 Å². The minimum Gasteiger partial charge on any atom is -0.489 e. The SMILES string of the molecule is CC(C(F)F)N1CCOc2c(Cl)c(-c3ccc(F)c4sc(N)c(C#N)c34)c(F)c3nc(OC[C@@]45CCCN4C[C@H](F)C5)nc1c23. The molecule has 2 aromatic carbocycles. The average Bonchev–Trinajstić information content (AvgIpc) is 3.60. The molecule has 3 atom stereocenters. The van der Waals surface area contributed by atoms with Gasteiger partial charge in [0.2, 0.25) is 0 Å². The highest BCUT2D eigenvalue weighted by Gasteiger charge is 2.49. The van der Waals surface area contributed by atoms with Crippen LogP contribution in [0.4, 0.5) is 32.8 Å². The van der Waals surface area contributed by atoms with Crippen molar-refractivity contribution >= 4 is 54.7 Å². The number of nitriles is 1. The van der Waals surface area contributed by atoms with Gasteiger partial charge in [-0.3, -0.25) is 4.90 Å². The fraction of sp³-hybridized carbons (Fsp3) is 0.433. The molecule has 0 radical (unpaired) electrons. The van der Waals surface area contributed by atoms with Gasteiger partial charge in [-0.25, -0.2) is 22.0 Å². The first kappa shape index (κ1) is 30.0. The van der Waals surface area contributed by atoms with Gasteiger partial charge in [-0.1, -0.05) is 17.7 Å². The maximum Gasteiger partial charge on any atom is 0.319 e. The Labute approximate surface area is 263 Å². The lowest BCUT2D eigenvalue weighted by molar-refractivity contribution is 0.107. The van der Waals surface area contributed by atoms with Gasteiger partial charge < -0.3 is 20.1 Å². The van der Waals surface area contributed by atoms with Crippen LogP contribution in [0.25, 0.3) is 32.1 Å². The van der Waals surface area contributed by atoms with Crippen molar-refractivity contribution in [1.29, 1.82) is 5.26 Å². The summed E-state index contributed by atoms with van der Waals surface area (Å²) in [6.45, 7) is 2.19. The number of nitrogens with zero attached hydrogens (tertiary/aromatic N) is 5. The summed E-state index contributed by atoms with van der Waals surface area (Å²) in [5.74, 6) is -1.74. The van der Waals surface area contributed by atoms with Crippen LogP contribution in [-0.2, 0) is 0 Å². The molecule has 236 valence electrons. The van der Waals surface area contributed by atoms with Crippen molar-refractivity contribution in [2.45, 2.75) is 50.4 Å². The molecule has 3 aliphatic rings. The number of nitrogens with two attached hydrogens (primary N) is 1. The van der Waals surface area contributed by atoms with E-state index in [9.17, 15) is 22.8 Å². The number of benzene rings is 2. The second-order valence-corrected chi connectivity index (χ2v) is 13.0. The van der Waals surface area contributed by atoms with Crippen LogP contribution in [0.3, 0.4) is 0 Å². The van der Waals surface area contributed by atoms with Gasteiger partial charge >= 0.3 is 6.01 Å². The molecule has 2 saturated heterocycles. The molecule has 8 nitrogen and oxygen atoms in total. The lowest BCUT2D eigenvalue weighted by atomic mass is 9.95. The molecule has 0 amide bonds. The maximum absolute atomic E-state index is 16.9. The van der Waals surface area contributed by atoms with E-state index in [0.29, 0.717) is 13.0 Å². The van der Waals surface area contributed by atoms with E-state index in [1.54, 1.807) is 0 Å². The monoisotopic (exact) mass is 664 g/mol. The minimum atomic E-state index is -2.78. The van der Waals surface area contributed by atoms with E-state index >= 15 is 4.39 Å². The highest BCUT2D eigenvalue weighted by atomic mass is 35.5. The van der Waals surface area contributed by atoms with Crippen molar-refractivity contribution in [3.05, 3.63) is 34.4 Å². The number of ether oxygens (including phenoxy) is 2. The van der Waals surface area contributed by atoms with Gasteiger partial charge in [-0.15, -0.1) is 11.3 Å². The van der Waals surface area contributed by atoms with Gasteiger partial charge in [0.25, 0.3) is 6.43 Å². The number of hydrogen-bond acceptors (Lipinski definition) is 9. The molecular weight excluding hydrogens is 639 g/mol. The first-order valence-electron chi connectivity index (χ1n) is 14.4. The molecule has 2 aromatic heterocycles. The Hall–Kier alpha value is -3.67. The third-order valence-corrected chi connectivity index (χ3v) is 10.5. The van der Waals surface area contributed by atoms with Crippen LogP contribution in [0.5, 0.6) is 11.8 Å². The number of anilines is 2. The fourth-order valence-corrected chi connectivity index (χ4v) is 8.20. The topological polar surface area (TPSA) is 101 Å². The zero-order chi connectivity index (χ0) is 31.8. The van der Waals surface area contributed by atoms with Crippen molar-refractivity contribution in [2.24, 2.45) is 0 Å². The van der Waals surface area contributed by atoms with E-state index in [4.69, 9.17) is 26.8 Å². The number of alkyl halides is 3. The fourth-order valence-electron chi connectivity index (χ4n) is 6.92. The van der Waals surface area contributed by atoms with Gasteiger partial charge in [0, 0.05) is 23.9 Å². The van der Waals surface area contributed by atoms with Gasteiger partial charge in [-0.05, 0) is 37.9 Å². The highest BCUT2D eigenvalue weighted by Crippen LogP contribution is 2.51. The lowest BCUT2D eigenvalue weighted by Crippen LogP contribution is -2.43. The Bertz CT molecular complexity index is 1900. The predicted octanol–water partition coefficient (Wildman–Crippen LogP) is 6.70. The number of hydrogen-bond donors (Lipinski definition) is 1. The Morgan fingerprint density at radius 1 is 1.27 bits per heavy atom. The van der Waals surface area contributed by atoms with Crippen LogP contribution in [0.1, 0.15) is 31.7 Å². The Morgan fingerprint density at radius 3 is 2.82 bits per heavy atom. The van der Waals surface area contributed by atoms with E-state index in [-0.39, 0.29) is 98.0 Å². The van der Waals surface area contributed by atoms with Gasteiger partial charge in [0.05, 0.1) is 38.8 Å². The molecule has 0 saturated carbocycles. The first-order chi connectivity index (χ1) is 21.5. The van der Waals surface area contributed by atoms with Crippen molar-refractivity contribution < 1.29 is 31.4 Å². The van der Waals surface area contributed by atoms with Crippen molar-refractivity contribution in [2.75, 3.05) is 43.5 Å². The number of thiophene rings is 1. The summed E-state index contributed by atoms with van der Waals surface area (Å²) in [7, 11) is 0. The zero-order valence-electron chi connectivity index (χ0n) is 23.8. The number of halogens is 6. The van der Waals surface area contributed by atoms with Gasteiger partial charge in [0.1, 0.15) is 47.6 Å². The van der Waals surface area contributed by atoms with Crippen molar-refractivity contribution in [1.82, 2.24) is 14.9 Å². The Kier molecular flexibility index (Phi) is 7.33. The quantitative estimate of drug-likeness (QED) is 0.227. The van der Waals surface area contributed by atoms with Crippen LogP contribution in [0.15, 0.2) is 12.1 Å². The molecule has 1 unspecified atom stereocenters. The van der Waals surface area contributed by atoms with Gasteiger partial charge in [0.15, 0.2) is 11.6 Å². The second-order valence-electron chi connectivity index (χ2n) is 11.6. The lowest BCUT2D eigenvalue weighted by Gasteiger charge is -2.31. The molecule has 2 N–H and O–H groups in total. The summed E-state index contributed by atoms with van der Waals surface area (Å²) in [6, 6.07) is 2.74. The molecule has 3 aliphatic heterocycles. The molecule has 4 aromatic rings. The van der Waals surface area contributed by atoms with Crippen LogP contribution < -0.4 is 20.1 Å². The number of nitrogen functional groups attached to an aromatic ring is 1. The molecular formula is C30H26ClF5N6O2S. The minimum absolute atomic E-state index is 0.0203. The number of fused-ring (bicyclic) bond motifs is 2. The van der Waals surface area contributed by atoms with Crippen LogP contribution >= 0.6 is 22.9 Å². The summed E-state index contributed by atoms with van der Waals surface area (Å²) in [5, 5.41) is 9.68. The van der Waals surface area contributed by atoms with E-state index < -0.39 is 35.8 Å². The summed E-state index contributed by atoms with van der Waals surface area (Å²) in [6.07, 6.45) is -1.98. The molecule has 15 heteroatoms. The Morgan fingerprint density at radius 2 is 2.07 bits per heavy atom. The number of rotatable bonds is 6. The molecule has 2 fully saturated rings. The number of aromatic nitrogens is 2. The predicted molar refractivity (Wildman–Crippen MR) is 161 cm³/mol. The van der Waals surface area contributed by atoms with Crippen molar-refractivity contribution in [3.63, 3.8) is 0 Å². The second kappa shape index (κ2) is 11.0. The standard InChI is InChI=1S/C30H26ClF5N6O2S/c1-13(26(35)36)42-7-8-43-24-20-23(39-29(40-28(20)42)44-12-30-5-2-6-41(30)11-14(32)9-30)22(34)19(21(24)31)15-3-4-17(33)25-18(15)16(10-37)27(38)45-25/h3-4,13-14,26H,2,5-9,11-12,38H2,1H3/t13?,14-,30+/m1/s1. The highest BCUT2D eigenvalue weighted by molar-refractivity contribution is 7.23. The summed E-state index contributed by atoms with van der Waals surface area (Å²) < 4.78 is 86.4. The summed E-state index contributed by atoms with van der Waals surface area (Å²) in [5.41, 5.74) is 4.91. The van der Waals surface area contributed by atoms with E-state index in [1.165, 1.54) is 17.9 Å². The first-order valence-corrected chi connectivity index (χ1v) is 15.6. The third-order valence-electron chi connectivity index (χ3n) is 9.08. The molecule has 0 spiro atoms. The molecule has 45 heavy (non-hydrogen) atoms. The van der Waals surface area contributed by atoms with E-state index in [2.05, 4.69) is 9.97 Å². The molecule has 0 bridgehead atoms. The summed E-state index contributed by atoms with van der Waals surface area (Å²) >= 11 is 7.68. The van der Waals surface area contributed by atoms with E-state index in [1.807, 2.05) is 11.0 Å². The average molecular weight is 665 g/mol. The normalized spacial score (nSPS) is 22.1.